The second kappa shape index (κ2) is 1.87. The van der Waals surface area contributed by atoms with Crippen LogP contribution in [-0.4, -0.2) is 11.9 Å². The Bertz CT molecular complexity index is 138. The monoisotopic (exact) mass is 91.1 g/mol. The molecule has 0 spiro atoms. The Balaban J connectivity index is 3.02. The van der Waals surface area contributed by atoms with Gasteiger partial charge in [0.15, 0.2) is 0 Å². The third-order valence-corrected chi connectivity index (χ3v) is 0.847. The number of aromatic nitrogens is 1. The molecule has 0 bridgehead atoms. The summed E-state index contributed by atoms with van der Waals surface area (Å²) in [5.74, 6) is 1.97. The summed E-state index contributed by atoms with van der Waals surface area (Å²) in [6.45, 7) is 2.04. The predicted molar refractivity (Wildman–Crippen MR) is 30.3 cm³/mol. The van der Waals surface area contributed by atoms with Crippen molar-refractivity contribution in [2.75, 3.05) is 0 Å². The molecule has 0 aliphatic heterocycles. The van der Waals surface area contributed by atoms with Gasteiger partial charge in [-0.3, -0.25) is 0 Å². The van der Waals surface area contributed by atoms with Crippen LogP contribution in [-0.2, 0) is 0 Å². The van der Waals surface area contributed by atoms with Gasteiger partial charge in [0.1, 0.15) is 0 Å². The van der Waals surface area contributed by atoms with Crippen molar-refractivity contribution in [3.63, 3.8) is 0 Å². The van der Waals surface area contributed by atoms with Crippen molar-refractivity contribution in [1.82, 2.24) is 4.89 Å². The van der Waals surface area contributed by atoms with Crippen LogP contribution in [0.25, 0.3) is 0 Å². The van der Waals surface area contributed by atoms with Gasteiger partial charge in [0, 0.05) is 0 Å². The van der Waals surface area contributed by atoms with E-state index in [4.69, 9.17) is 0 Å². The van der Waals surface area contributed by atoms with Crippen molar-refractivity contribution in [3.8, 4) is 0 Å². The number of nitrogens with zero attached hydrogens (tertiary/aromatic N) is 1. The first kappa shape index (κ1) is 4.50. The van der Waals surface area contributed by atoms with Gasteiger partial charge < -0.3 is 0 Å². The van der Waals surface area contributed by atoms with Crippen LogP contribution in [0.2, 0.25) is 0 Å². The van der Waals surface area contributed by atoms with Crippen LogP contribution in [0, 0.1) is 6.92 Å². The Morgan fingerprint density at radius 1 is 1.71 bits per heavy atom. The zero-order chi connectivity index (χ0) is 5.11. The fourth-order valence-corrected chi connectivity index (χ4v) is 0.426. The van der Waals surface area contributed by atoms with E-state index < -0.39 is 0 Å². The number of hydrogen-bond donors (Lipinski definition) is 0. The summed E-state index contributed by atoms with van der Waals surface area (Å²) in [5.41, 5.74) is 1.26. The Morgan fingerprint density at radius 3 is 2.86 bits per heavy atom. The first-order valence-electron chi connectivity index (χ1n) is 2.26. The number of rotatable bonds is 0. The van der Waals surface area contributed by atoms with Gasteiger partial charge in [-0.1, -0.05) is 0 Å². The van der Waals surface area contributed by atoms with Crippen molar-refractivity contribution in [2.45, 2.75) is 6.92 Å². The van der Waals surface area contributed by atoms with Crippen LogP contribution < -0.4 is 0 Å². The van der Waals surface area contributed by atoms with Gasteiger partial charge in [0.2, 0.25) is 0 Å². The fraction of sp³-hybridized carbons (Fsp3) is 0.200. The molecule has 0 unspecified atom stereocenters. The summed E-state index contributed by atoms with van der Waals surface area (Å²) in [6.07, 6.45) is 1.79. The molecule has 34 valence electrons. The molecule has 0 amide bonds. The molecular weight excluding hydrogens is 84.9 g/mol. The Kier molecular flexibility index (Phi) is 1.20. The van der Waals surface area contributed by atoms with E-state index in [1.807, 2.05) is 19.0 Å². The molecule has 1 aromatic heterocycles. The minimum absolute atomic E-state index is 1.26. The molecule has 1 nitrogen and oxygen atoms in total. The van der Waals surface area contributed by atoms with Crippen LogP contribution in [0.1, 0.15) is 5.56 Å². The third kappa shape index (κ3) is 1.11. The van der Waals surface area contributed by atoms with E-state index in [1.165, 1.54) is 5.56 Å². The van der Waals surface area contributed by atoms with Crippen LogP contribution in [0.15, 0.2) is 18.2 Å². The zero-order valence-corrected chi connectivity index (χ0v) is 4.26. The molecule has 0 aromatic carbocycles. The molecule has 0 N–H and O–H groups in total. The van der Waals surface area contributed by atoms with Gasteiger partial charge in [-0.2, -0.15) is 0 Å². The predicted octanol–water partition coefficient (Wildman–Crippen LogP) is 0.728. The summed E-state index contributed by atoms with van der Waals surface area (Å²) in [7, 11) is 1.79. The maximum atomic E-state index is 3.85. The summed E-state index contributed by atoms with van der Waals surface area (Å²) >= 11 is 0. The van der Waals surface area contributed by atoms with Crippen molar-refractivity contribution < 1.29 is 0 Å². The molecule has 0 radical (unpaired) electrons. The molecule has 2 heteroatoms. The number of aryl methyl sites for hydroxylation is 1. The van der Waals surface area contributed by atoms with Crippen LogP contribution >= 0.6 is 0 Å². The van der Waals surface area contributed by atoms with E-state index >= 15 is 0 Å². The van der Waals surface area contributed by atoms with E-state index in [9.17, 15) is 0 Å². The molecule has 1 heterocycles. The third-order valence-electron chi connectivity index (χ3n) is 0.847. The van der Waals surface area contributed by atoms with E-state index in [0.717, 1.165) is 0 Å². The molecule has 0 fully saturated rings. The molecule has 0 aliphatic rings. The molecule has 0 aliphatic carbocycles. The first-order chi connectivity index (χ1) is 3.39. The van der Waals surface area contributed by atoms with Crippen molar-refractivity contribution in [1.29, 1.82) is 0 Å². The van der Waals surface area contributed by atoms with Crippen LogP contribution in [0.5, 0.6) is 0 Å². The van der Waals surface area contributed by atoms with Gasteiger partial charge in [0.05, 0.1) is 0 Å². The molecule has 1 rings (SSSR count). The molecular formula is C5H6BN. The second-order valence-electron chi connectivity index (χ2n) is 1.52. The van der Waals surface area contributed by atoms with Gasteiger partial charge >= 0.3 is 42.7 Å². The average Bonchev–Trinajstić information content (AvgIpc) is 1.69. The SMILES string of the molecule is Cc1cbncc1. The van der Waals surface area contributed by atoms with Crippen molar-refractivity contribution in [2.24, 2.45) is 0 Å². The molecule has 0 saturated carbocycles. The molecule has 0 saturated heterocycles. The van der Waals surface area contributed by atoms with E-state index in [1.54, 1.807) is 13.2 Å². The average molecular weight is 90.9 g/mol. The Hall–Kier alpha value is -0.655. The van der Waals surface area contributed by atoms with Gasteiger partial charge in [0.25, 0.3) is 0 Å². The van der Waals surface area contributed by atoms with Crippen LogP contribution in [0.4, 0.5) is 0 Å². The zero-order valence-electron chi connectivity index (χ0n) is 4.26. The standard InChI is InChI=1S/C5H6BN/c1-5-2-3-7-6-4-5/h2-4H,1H3. The van der Waals surface area contributed by atoms with E-state index in [0.29, 0.717) is 0 Å². The summed E-state index contributed by atoms with van der Waals surface area (Å²) < 4.78 is 0. The molecule has 7 heavy (non-hydrogen) atoms. The number of hydrogen-bond acceptors (Lipinski definition) is 1. The van der Waals surface area contributed by atoms with E-state index in [-0.39, 0.29) is 0 Å². The van der Waals surface area contributed by atoms with Crippen LogP contribution in [0.3, 0.4) is 0 Å². The fourth-order valence-electron chi connectivity index (χ4n) is 0.426. The molecule has 1 aromatic rings. The van der Waals surface area contributed by atoms with Gasteiger partial charge in [-0.05, 0) is 0 Å². The normalized spacial score (nSPS) is 8.14. The Morgan fingerprint density at radius 2 is 2.57 bits per heavy atom. The van der Waals surface area contributed by atoms with Crippen molar-refractivity contribution >= 4 is 7.05 Å². The Labute approximate surface area is 43.6 Å². The van der Waals surface area contributed by atoms with Crippen molar-refractivity contribution in [3.05, 3.63) is 23.8 Å². The summed E-state index contributed by atoms with van der Waals surface area (Å²) in [6, 6.07) is 1.97. The topological polar surface area (TPSA) is 12.9 Å². The maximum absolute atomic E-state index is 3.85. The quantitative estimate of drug-likeness (QED) is 0.458. The summed E-state index contributed by atoms with van der Waals surface area (Å²) in [4.78, 5) is 3.85. The summed E-state index contributed by atoms with van der Waals surface area (Å²) in [5, 5.41) is 0. The minimum atomic E-state index is 1.26. The second-order valence-corrected chi connectivity index (χ2v) is 1.52. The molecule has 0 atom stereocenters. The first-order valence-corrected chi connectivity index (χ1v) is 2.26. The van der Waals surface area contributed by atoms with Gasteiger partial charge in [-0.15, -0.1) is 0 Å². The van der Waals surface area contributed by atoms with Gasteiger partial charge in [-0.25, -0.2) is 0 Å². The van der Waals surface area contributed by atoms with E-state index in [2.05, 4.69) is 4.89 Å².